The van der Waals surface area contributed by atoms with E-state index < -0.39 is 0 Å². The van der Waals surface area contributed by atoms with Gasteiger partial charge in [-0.2, -0.15) is 0 Å². The summed E-state index contributed by atoms with van der Waals surface area (Å²) >= 11 is 0. The molecule has 1 unspecified atom stereocenters. The molecule has 0 saturated heterocycles. The lowest BCUT2D eigenvalue weighted by atomic mass is 10.1. The molecule has 64 valence electrons. The molecule has 0 aromatic heterocycles. The molecule has 2 saturated carbocycles. The summed E-state index contributed by atoms with van der Waals surface area (Å²) in [4.78, 5) is 2.51. The first-order chi connectivity index (χ1) is 5.33. The predicted octanol–water partition coefficient (Wildman–Crippen LogP) is 0.818. The molecular weight excluding hydrogens is 136 g/mol. The molecule has 0 aromatic carbocycles. The van der Waals surface area contributed by atoms with Gasteiger partial charge in [-0.1, -0.05) is 0 Å². The van der Waals surface area contributed by atoms with E-state index in [4.69, 9.17) is 5.73 Å². The van der Waals surface area contributed by atoms with Crippen LogP contribution in [0.2, 0.25) is 0 Å². The Bertz CT molecular complexity index is 138. The Morgan fingerprint density at radius 1 is 1.36 bits per heavy atom. The highest BCUT2D eigenvalue weighted by Crippen LogP contribution is 2.38. The standard InChI is InChI=1S/C9H18N2/c1-11(8-4-5-8)9(6-10)7-2-3-7/h7-9H,2-6,10H2,1H3. The number of hydrogen-bond acceptors (Lipinski definition) is 2. The minimum Gasteiger partial charge on any atom is -0.329 e. The third-order valence-electron chi connectivity index (χ3n) is 3.05. The van der Waals surface area contributed by atoms with Gasteiger partial charge in [0, 0.05) is 18.6 Å². The van der Waals surface area contributed by atoms with Crippen LogP contribution in [-0.4, -0.2) is 30.6 Å². The molecule has 11 heavy (non-hydrogen) atoms. The first-order valence-corrected chi connectivity index (χ1v) is 4.75. The summed E-state index contributed by atoms with van der Waals surface area (Å²) < 4.78 is 0. The second-order valence-corrected chi connectivity index (χ2v) is 4.04. The number of nitrogens with two attached hydrogens (primary N) is 1. The van der Waals surface area contributed by atoms with Crippen molar-refractivity contribution in [2.75, 3.05) is 13.6 Å². The van der Waals surface area contributed by atoms with Crippen molar-refractivity contribution in [3.05, 3.63) is 0 Å². The van der Waals surface area contributed by atoms with Crippen LogP contribution in [0.5, 0.6) is 0 Å². The predicted molar refractivity (Wildman–Crippen MR) is 46.4 cm³/mol. The molecule has 2 fully saturated rings. The van der Waals surface area contributed by atoms with Gasteiger partial charge in [0.15, 0.2) is 0 Å². The van der Waals surface area contributed by atoms with Crippen LogP contribution < -0.4 is 5.73 Å². The molecule has 0 bridgehead atoms. The third-order valence-corrected chi connectivity index (χ3v) is 3.05. The summed E-state index contributed by atoms with van der Waals surface area (Å²) in [6, 6.07) is 1.58. The fourth-order valence-electron chi connectivity index (χ4n) is 1.92. The Hall–Kier alpha value is -0.0800. The molecule has 0 aromatic rings. The van der Waals surface area contributed by atoms with Crippen LogP contribution in [0, 0.1) is 5.92 Å². The van der Waals surface area contributed by atoms with Crippen LogP contribution in [-0.2, 0) is 0 Å². The summed E-state index contributed by atoms with van der Waals surface area (Å²) in [5.41, 5.74) is 5.74. The molecule has 0 aliphatic heterocycles. The van der Waals surface area contributed by atoms with Crippen molar-refractivity contribution in [1.29, 1.82) is 0 Å². The zero-order valence-corrected chi connectivity index (χ0v) is 7.29. The summed E-state index contributed by atoms with van der Waals surface area (Å²) in [6.07, 6.45) is 5.64. The van der Waals surface area contributed by atoms with E-state index in [0.717, 1.165) is 18.5 Å². The lowest BCUT2D eigenvalue weighted by Crippen LogP contribution is -2.40. The Morgan fingerprint density at radius 2 is 2.00 bits per heavy atom. The van der Waals surface area contributed by atoms with Gasteiger partial charge >= 0.3 is 0 Å². The summed E-state index contributed by atoms with van der Waals surface area (Å²) in [5, 5.41) is 0. The first kappa shape index (κ1) is 7.56. The van der Waals surface area contributed by atoms with Crippen molar-refractivity contribution in [3.63, 3.8) is 0 Å². The fraction of sp³-hybridized carbons (Fsp3) is 1.00. The molecule has 2 aliphatic rings. The SMILES string of the molecule is CN(C1CC1)C(CN)C1CC1. The van der Waals surface area contributed by atoms with E-state index in [9.17, 15) is 0 Å². The summed E-state index contributed by atoms with van der Waals surface area (Å²) in [7, 11) is 2.24. The highest BCUT2D eigenvalue weighted by molar-refractivity contribution is 4.94. The van der Waals surface area contributed by atoms with Crippen molar-refractivity contribution in [2.24, 2.45) is 11.7 Å². The summed E-state index contributed by atoms with van der Waals surface area (Å²) in [6.45, 7) is 0.859. The van der Waals surface area contributed by atoms with E-state index >= 15 is 0 Å². The van der Waals surface area contributed by atoms with Crippen molar-refractivity contribution >= 4 is 0 Å². The highest BCUT2D eigenvalue weighted by Gasteiger charge is 2.38. The van der Waals surface area contributed by atoms with Gasteiger partial charge in [0.05, 0.1) is 0 Å². The number of rotatable bonds is 4. The van der Waals surface area contributed by atoms with Crippen LogP contribution in [0.15, 0.2) is 0 Å². The fourth-order valence-corrected chi connectivity index (χ4v) is 1.92. The Morgan fingerprint density at radius 3 is 2.36 bits per heavy atom. The summed E-state index contributed by atoms with van der Waals surface area (Å²) in [5.74, 6) is 0.936. The van der Waals surface area contributed by atoms with Crippen LogP contribution in [0.3, 0.4) is 0 Å². The molecule has 2 rings (SSSR count). The third kappa shape index (κ3) is 1.57. The maximum Gasteiger partial charge on any atom is 0.0246 e. The van der Waals surface area contributed by atoms with E-state index in [2.05, 4.69) is 11.9 Å². The molecule has 2 N–H and O–H groups in total. The minimum atomic E-state index is 0.697. The Labute approximate surface area is 68.7 Å². The molecule has 2 nitrogen and oxygen atoms in total. The second kappa shape index (κ2) is 2.76. The van der Waals surface area contributed by atoms with Crippen molar-refractivity contribution < 1.29 is 0 Å². The number of nitrogens with zero attached hydrogens (tertiary/aromatic N) is 1. The van der Waals surface area contributed by atoms with Gasteiger partial charge in [0.1, 0.15) is 0 Å². The molecule has 2 heteroatoms. The van der Waals surface area contributed by atoms with Crippen LogP contribution in [0.1, 0.15) is 25.7 Å². The topological polar surface area (TPSA) is 29.3 Å². The lowest BCUT2D eigenvalue weighted by Gasteiger charge is -2.26. The van der Waals surface area contributed by atoms with Crippen molar-refractivity contribution in [2.45, 2.75) is 37.8 Å². The molecule has 2 aliphatic carbocycles. The molecule has 0 heterocycles. The van der Waals surface area contributed by atoms with Crippen LogP contribution in [0.25, 0.3) is 0 Å². The Balaban J connectivity index is 1.86. The van der Waals surface area contributed by atoms with Crippen LogP contribution in [0.4, 0.5) is 0 Å². The van der Waals surface area contributed by atoms with Crippen LogP contribution >= 0.6 is 0 Å². The monoisotopic (exact) mass is 154 g/mol. The number of hydrogen-bond donors (Lipinski definition) is 1. The van der Waals surface area contributed by atoms with Gasteiger partial charge in [-0.25, -0.2) is 0 Å². The van der Waals surface area contributed by atoms with Gasteiger partial charge in [0.2, 0.25) is 0 Å². The zero-order valence-electron chi connectivity index (χ0n) is 7.29. The van der Waals surface area contributed by atoms with E-state index in [1.165, 1.54) is 25.7 Å². The maximum atomic E-state index is 5.74. The number of likely N-dealkylation sites (N-methyl/N-ethyl adjacent to an activating group) is 1. The minimum absolute atomic E-state index is 0.697. The molecular formula is C9H18N2. The average Bonchev–Trinajstić information content (AvgIpc) is 2.86. The smallest absolute Gasteiger partial charge is 0.0246 e. The van der Waals surface area contributed by atoms with Gasteiger partial charge < -0.3 is 5.73 Å². The largest absolute Gasteiger partial charge is 0.329 e. The Kier molecular flexibility index (Phi) is 1.90. The van der Waals surface area contributed by atoms with Gasteiger partial charge in [-0.05, 0) is 38.6 Å². The van der Waals surface area contributed by atoms with E-state index in [1.807, 2.05) is 0 Å². The first-order valence-electron chi connectivity index (χ1n) is 4.75. The molecule has 0 spiro atoms. The zero-order chi connectivity index (χ0) is 7.84. The van der Waals surface area contributed by atoms with E-state index in [1.54, 1.807) is 0 Å². The quantitative estimate of drug-likeness (QED) is 0.649. The normalized spacial score (nSPS) is 27.5. The lowest BCUT2D eigenvalue weighted by molar-refractivity contribution is 0.214. The van der Waals surface area contributed by atoms with Gasteiger partial charge in [0.25, 0.3) is 0 Å². The molecule has 1 atom stereocenters. The van der Waals surface area contributed by atoms with Gasteiger partial charge in [-0.15, -0.1) is 0 Å². The van der Waals surface area contributed by atoms with Crippen molar-refractivity contribution in [3.8, 4) is 0 Å². The highest BCUT2D eigenvalue weighted by atomic mass is 15.2. The molecule has 0 radical (unpaired) electrons. The van der Waals surface area contributed by atoms with E-state index in [-0.39, 0.29) is 0 Å². The van der Waals surface area contributed by atoms with E-state index in [0.29, 0.717) is 6.04 Å². The molecule has 0 amide bonds. The maximum absolute atomic E-state index is 5.74. The van der Waals surface area contributed by atoms with Gasteiger partial charge in [-0.3, -0.25) is 4.90 Å². The second-order valence-electron chi connectivity index (χ2n) is 4.04. The average molecular weight is 154 g/mol. The van der Waals surface area contributed by atoms with Crippen molar-refractivity contribution in [1.82, 2.24) is 4.90 Å².